The Morgan fingerprint density at radius 2 is 2.27 bits per heavy atom. The summed E-state index contributed by atoms with van der Waals surface area (Å²) >= 11 is 0. The summed E-state index contributed by atoms with van der Waals surface area (Å²) in [6.45, 7) is 0. The summed E-state index contributed by atoms with van der Waals surface area (Å²) in [5.41, 5.74) is 9.01. The fraction of sp³-hybridized carbons (Fsp3) is 0.417. The van der Waals surface area contributed by atoms with Crippen LogP contribution in [0.4, 0.5) is 0 Å². The van der Waals surface area contributed by atoms with Gasteiger partial charge in [0.15, 0.2) is 0 Å². The highest BCUT2D eigenvalue weighted by Crippen LogP contribution is 2.22. The first-order valence-corrected chi connectivity index (χ1v) is 5.16. The predicted molar refractivity (Wildman–Crippen MR) is 57.8 cm³/mol. The molecule has 0 spiro atoms. The lowest BCUT2D eigenvalue weighted by Crippen LogP contribution is -2.27. The largest absolute Gasteiger partial charge is 0.465 e. The van der Waals surface area contributed by atoms with Crippen molar-refractivity contribution in [3.05, 3.63) is 34.9 Å². The van der Waals surface area contributed by atoms with E-state index in [0.29, 0.717) is 5.56 Å². The van der Waals surface area contributed by atoms with Crippen molar-refractivity contribution >= 4 is 5.97 Å². The molecule has 0 amide bonds. The number of fused-ring (bicyclic) bond motifs is 1. The fourth-order valence-electron chi connectivity index (χ4n) is 2.03. The van der Waals surface area contributed by atoms with E-state index in [0.717, 1.165) is 19.3 Å². The third-order valence-corrected chi connectivity index (χ3v) is 2.89. The van der Waals surface area contributed by atoms with E-state index >= 15 is 0 Å². The molecule has 0 saturated heterocycles. The summed E-state index contributed by atoms with van der Waals surface area (Å²) in [7, 11) is 1.40. The first kappa shape index (κ1) is 10.2. The number of hydrogen-bond acceptors (Lipinski definition) is 3. The maximum absolute atomic E-state index is 11.3. The highest BCUT2D eigenvalue weighted by atomic mass is 16.5. The molecule has 0 aliphatic heterocycles. The highest BCUT2D eigenvalue weighted by molar-refractivity contribution is 5.89. The Morgan fingerprint density at radius 1 is 1.47 bits per heavy atom. The number of aryl methyl sites for hydroxylation is 1. The summed E-state index contributed by atoms with van der Waals surface area (Å²) < 4.78 is 4.68. The first-order chi connectivity index (χ1) is 7.20. The first-order valence-electron chi connectivity index (χ1n) is 5.16. The number of carbonyl (C=O) groups is 1. The van der Waals surface area contributed by atoms with Gasteiger partial charge in [-0.2, -0.15) is 0 Å². The lowest BCUT2D eigenvalue weighted by molar-refractivity contribution is 0.0600. The monoisotopic (exact) mass is 205 g/mol. The van der Waals surface area contributed by atoms with Crippen molar-refractivity contribution in [1.29, 1.82) is 0 Å². The second-order valence-corrected chi connectivity index (χ2v) is 3.98. The Labute approximate surface area is 89.2 Å². The summed E-state index contributed by atoms with van der Waals surface area (Å²) in [4.78, 5) is 11.3. The Morgan fingerprint density at radius 3 is 3.00 bits per heavy atom. The number of methoxy groups -OCH3 is 1. The van der Waals surface area contributed by atoms with E-state index in [-0.39, 0.29) is 12.0 Å². The van der Waals surface area contributed by atoms with E-state index < -0.39 is 0 Å². The average molecular weight is 205 g/mol. The zero-order valence-electron chi connectivity index (χ0n) is 8.82. The minimum Gasteiger partial charge on any atom is -0.465 e. The summed E-state index contributed by atoms with van der Waals surface area (Å²) in [6.07, 6.45) is 2.87. The van der Waals surface area contributed by atoms with Crippen LogP contribution in [0.1, 0.15) is 27.9 Å². The van der Waals surface area contributed by atoms with Crippen LogP contribution in [0.25, 0.3) is 0 Å². The van der Waals surface area contributed by atoms with Crippen LogP contribution in [0.5, 0.6) is 0 Å². The minimum atomic E-state index is -0.271. The van der Waals surface area contributed by atoms with E-state index in [1.807, 2.05) is 18.2 Å². The molecule has 0 radical (unpaired) electrons. The highest BCUT2D eigenvalue weighted by Gasteiger charge is 2.17. The van der Waals surface area contributed by atoms with Gasteiger partial charge in [0.1, 0.15) is 0 Å². The molecular weight excluding hydrogens is 190 g/mol. The van der Waals surface area contributed by atoms with E-state index in [4.69, 9.17) is 5.73 Å². The molecule has 0 aromatic heterocycles. The van der Waals surface area contributed by atoms with Crippen molar-refractivity contribution in [3.63, 3.8) is 0 Å². The SMILES string of the molecule is COC(=O)c1ccc2c(c1)CCC(N)C2. The molecule has 3 nitrogen and oxygen atoms in total. The van der Waals surface area contributed by atoms with Gasteiger partial charge in [0.2, 0.25) is 0 Å². The molecule has 80 valence electrons. The van der Waals surface area contributed by atoms with Crippen LogP contribution in [0, 0.1) is 0 Å². The van der Waals surface area contributed by atoms with Gasteiger partial charge in [-0.1, -0.05) is 6.07 Å². The molecule has 0 fully saturated rings. The van der Waals surface area contributed by atoms with Crippen LogP contribution in [-0.2, 0) is 17.6 Å². The third kappa shape index (κ3) is 2.02. The van der Waals surface area contributed by atoms with Crippen LogP contribution in [0.15, 0.2) is 18.2 Å². The summed E-state index contributed by atoms with van der Waals surface area (Å²) in [5.74, 6) is -0.271. The number of carbonyl (C=O) groups excluding carboxylic acids is 1. The molecule has 0 saturated carbocycles. The number of hydrogen-bond donors (Lipinski definition) is 1. The van der Waals surface area contributed by atoms with Crippen LogP contribution in [-0.4, -0.2) is 19.1 Å². The third-order valence-electron chi connectivity index (χ3n) is 2.89. The quantitative estimate of drug-likeness (QED) is 0.703. The van der Waals surface area contributed by atoms with Crippen molar-refractivity contribution in [2.75, 3.05) is 7.11 Å². The molecule has 1 aromatic rings. The number of benzene rings is 1. The van der Waals surface area contributed by atoms with Gasteiger partial charge in [-0.25, -0.2) is 4.79 Å². The average Bonchev–Trinajstić information content (AvgIpc) is 2.27. The lowest BCUT2D eigenvalue weighted by Gasteiger charge is -2.21. The summed E-state index contributed by atoms with van der Waals surface area (Å²) in [6, 6.07) is 5.98. The van der Waals surface area contributed by atoms with Gasteiger partial charge in [0.25, 0.3) is 0 Å². The van der Waals surface area contributed by atoms with Gasteiger partial charge in [-0.05, 0) is 42.5 Å². The molecule has 1 aromatic carbocycles. The minimum absolute atomic E-state index is 0.265. The van der Waals surface area contributed by atoms with Crippen LogP contribution in [0.2, 0.25) is 0 Å². The maximum atomic E-state index is 11.3. The molecule has 3 heteroatoms. The molecule has 1 aliphatic rings. The number of rotatable bonds is 1. The lowest BCUT2D eigenvalue weighted by atomic mass is 9.88. The van der Waals surface area contributed by atoms with Gasteiger partial charge in [-0.3, -0.25) is 0 Å². The van der Waals surface area contributed by atoms with Crippen molar-refractivity contribution in [2.24, 2.45) is 5.73 Å². The van der Waals surface area contributed by atoms with Crippen LogP contribution < -0.4 is 5.73 Å². The standard InChI is InChI=1S/C12H15NO2/c1-15-12(14)10-3-2-9-7-11(13)5-4-8(9)6-10/h2-3,6,11H,4-5,7,13H2,1H3. The van der Waals surface area contributed by atoms with Gasteiger partial charge in [0.05, 0.1) is 12.7 Å². The Bertz CT molecular complexity index is 387. The zero-order valence-corrected chi connectivity index (χ0v) is 8.82. The molecular formula is C12H15NO2. The predicted octanol–water partition coefficient (Wildman–Crippen LogP) is 1.29. The number of esters is 1. The second kappa shape index (κ2) is 4.03. The van der Waals surface area contributed by atoms with E-state index in [9.17, 15) is 4.79 Å². The maximum Gasteiger partial charge on any atom is 0.337 e. The van der Waals surface area contributed by atoms with E-state index in [2.05, 4.69) is 4.74 Å². The van der Waals surface area contributed by atoms with Gasteiger partial charge < -0.3 is 10.5 Å². The topological polar surface area (TPSA) is 52.3 Å². The molecule has 15 heavy (non-hydrogen) atoms. The second-order valence-electron chi connectivity index (χ2n) is 3.98. The Hall–Kier alpha value is -1.35. The van der Waals surface area contributed by atoms with Gasteiger partial charge in [-0.15, -0.1) is 0 Å². The Kier molecular flexibility index (Phi) is 2.73. The fourth-order valence-corrected chi connectivity index (χ4v) is 2.03. The van der Waals surface area contributed by atoms with Crippen molar-refractivity contribution in [2.45, 2.75) is 25.3 Å². The molecule has 1 unspecified atom stereocenters. The van der Waals surface area contributed by atoms with E-state index in [1.54, 1.807) is 0 Å². The molecule has 2 N–H and O–H groups in total. The molecule has 0 bridgehead atoms. The normalized spacial score (nSPS) is 19.5. The smallest absolute Gasteiger partial charge is 0.337 e. The van der Waals surface area contributed by atoms with Gasteiger partial charge >= 0.3 is 5.97 Å². The summed E-state index contributed by atoms with van der Waals surface area (Å²) in [5, 5.41) is 0. The van der Waals surface area contributed by atoms with Gasteiger partial charge in [0, 0.05) is 6.04 Å². The van der Waals surface area contributed by atoms with Crippen molar-refractivity contribution in [1.82, 2.24) is 0 Å². The molecule has 1 atom stereocenters. The van der Waals surface area contributed by atoms with E-state index in [1.165, 1.54) is 18.2 Å². The van der Waals surface area contributed by atoms with Crippen LogP contribution in [0.3, 0.4) is 0 Å². The zero-order chi connectivity index (χ0) is 10.8. The molecule has 0 heterocycles. The van der Waals surface area contributed by atoms with Crippen LogP contribution >= 0.6 is 0 Å². The molecule has 2 rings (SSSR count). The Balaban J connectivity index is 2.30. The number of ether oxygens (including phenoxy) is 1. The number of nitrogens with two attached hydrogens (primary N) is 1. The van der Waals surface area contributed by atoms with Crippen molar-refractivity contribution in [3.8, 4) is 0 Å². The van der Waals surface area contributed by atoms with Crippen molar-refractivity contribution < 1.29 is 9.53 Å². The molecule has 1 aliphatic carbocycles.